The van der Waals surface area contributed by atoms with Gasteiger partial charge in [0, 0.05) is 18.1 Å². The van der Waals surface area contributed by atoms with Crippen LogP contribution in [-0.2, 0) is 7.05 Å². The molecule has 0 radical (unpaired) electrons. The van der Waals surface area contributed by atoms with Crippen LogP contribution >= 0.6 is 0 Å². The van der Waals surface area contributed by atoms with Crippen molar-refractivity contribution in [1.29, 1.82) is 0 Å². The fourth-order valence-electron chi connectivity index (χ4n) is 1.74. The number of fused-ring (bicyclic) bond motifs is 1. The van der Waals surface area contributed by atoms with Crippen LogP contribution in [0.3, 0.4) is 0 Å². The van der Waals surface area contributed by atoms with E-state index in [2.05, 4.69) is 18.8 Å². The van der Waals surface area contributed by atoms with Crippen molar-refractivity contribution in [2.75, 3.05) is 0 Å². The lowest BCUT2D eigenvalue weighted by Crippen LogP contribution is -2.04. The van der Waals surface area contributed by atoms with Crippen LogP contribution in [0.25, 0.3) is 11.0 Å². The maximum atomic E-state index is 11.0. The van der Waals surface area contributed by atoms with Gasteiger partial charge >= 0.3 is 5.97 Å². The molecule has 2 aromatic heterocycles. The summed E-state index contributed by atoms with van der Waals surface area (Å²) in [4.78, 5) is 15.4. The summed E-state index contributed by atoms with van der Waals surface area (Å²) in [6.07, 6.45) is 0. The summed E-state index contributed by atoms with van der Waals surface area (Å²) < 4.78 is 1.61. The number of carbonyl (C=O) groups is 1. The van der Waals surface area contributed by atoms with E-state index in [1.807, 2.05) is 12.1 Å². The Balaban J connectivity index is 2.69. The lowest BCUT2D eigenvalue weighted by molar-refractivity contribution is 0.0687. The van der Waals surface area contributed by atoms with Crippen LogP contribution in [0.2, 0.25) is 0 Å². The molecule has 0 bridgehead atoms. The minimum absolute atomic E-state index is 0.267. The van der Waals surface area contributed by atoms with Gasteiger partial charge in [-0.25, -0.2) is 9.78 Å². The zero-order valence-electron chi connectivity index (χ0n) is 9.56. The maximum absolute atomic E-state index is 11.0. The van der Waals surface area contributed by atoms with Gasteiger partial charge in [-0.2, -0.15) is 0 Å². The van der Waals surface area contributed by atoms with Crippen LogP contribution in [-0.4, -0.2) is 20.6 Å². The molecule has 0 saturated heterocycles. The highest BCUT2D eigenvalue weighted by Crippen LogP contribution is 2.20. The zero-order valence-corrected chi connectivity index (χ0v) is 9.56. The second kappa shape index (κ2) is 3.63. The predicted octanol–water partition coefficient (Wildman–Crippen LogP) is 2.39. The number of carboxylic acids is 1. The molecule has 0 aliphatic carbocycles. The molecule has 0 aliphatic heterocycles. The third-order valence-electron chi connectivity index (χ3n) is 2.71. The number of aryl methyl sites for hydroxylation is 1. The Labute approximate surface area is 93.5 Å². The van der Waals surface area contributed by atoms with Gasteiger partial charge in [0.2, 0.25) is 0 Å². The highest BCUT2D eigenvalue weighted by Gasteiger charge is 2.13. The van der Waals surface area contributed by atoms with Gasteiger partial charge < -0.3 is 9.67 Å². The van der Waals surface area contributed by atoms with Crippen LogP contribution in [0.5, 0.6) is 0 Å². The van der Waals surface area contributed by atoms with Crippen molar-refractivity contribution in [2.45, 2.75) is 19.8 Å². The van der Waals surface area contributed by atoms with Gasteiger partial charge in [-0.1, -0.05) is 13.8 Å². The Kier molecular flexibility index (Phi) is 2.42. The smallest absolute Gasteiger partial charge is 0.352 e. The molecule has 4 heteroatoms. The van der Waals surface area contributed by atoms with E-state index in [-0.39, 0.29) is 5.69 Å². The Bertz CT molecular complexity index is 555. The third-order valence-corrected chi connectivity index (χ3v) is 2.71. The first-order chi connectivity index (χ1) is 7.50. The van der Waals surface area contributed by atoms with Crippen LogP contribution in [0.1, 0.15) is 35.9 Å². The van der Waals surface area contributed by atoms with E-state index < -0.39 is 5.97 Å². The molecule has 84 valence electrons. The summed E-state index contributed by atoms with van der Waals surface area (Å²) in [7, 11) is 1.73. The molecular weight excluding hydrogens is 204 g/mol. The van der Waals surface area contributed by atoms with Crippen molar-refractivity contribution in [3.63, 3.8) is 0 Å². The van der Waals surface area contributed by atoms with Crippen molar-refractivity contribution in [2.24, 2.45) is 7.05 Å². The third kappa shape index (κ3) is 1.56. The van der Waals surface area contributed by atoms with Crippen molar-refractivity contribution in [1.82, 2.24) is 9.55 Å². The molecule has 0 amide bonds. The van der Waals surface area contributed by atoms with Gasteiger partial charge in [-0.3, -0.25) is 0 Å². The Hall–Kier alpha value is -1.84. The first-order valence-electron chi connectivity index (χ1n) is 5.20. The molecule has 2 heterocycles. The Morgan fingerprint density at radius 3 is 2.69 bits per heavy atom. The molecule has 0 spiro atoms. The van der Waals surface area contributed by atoms with Crippen LogP contribution in [0.15, 0.2) is 18.2 Å². The van der Waals surface area contributed by atoms with Crippen LogP contribution in [0.4, 0.5) is 0 Å². The quantitative estimate of drug-likeness (QED) is 0.842. The highest BCUT2D eigenvalue weighted by atomic mass is 16.4. The van der Waals surface area contributed by atoms with Gasteiger partial charge in [0.1, 0.15) is 11.3 Å². The number of aromatic nitrogens is 2. The van der Waals surface area contributed by atoms with Crippen molar-refractivity contribution < 1.29 is 9.90 Å². The van der Waals surface area contributed by atoms with E-state index in [1.165, 1.54) is 0 Å². The fourth-order valence-corrected chi connectivity index (χ4v) is 1.74. The summed E-state index contributed by atoms with van der Waals surface area (Å²) >= 11 is 0. The zero-order chi connectivity index (χ0) is 11.9. The first-order valence-corrected chi connectivity index (χ1v) is 5.20. The van der Waals surface area contributed by atoms with E-state index in [9.17, 15) is 4.79 Å². The second-order valence-electron chi connectivity index (χ2n) is 4.20. The lowest BCUT2D eigenvalue weighted by Gasteiger charge is -2.05. The molecule has 2 aromatic rings. The monoisotopic (exact) mass is 218 g/mol. The number of pyridine rings is 1. The molecule has 0 saturated carbocycles. The summed E-state index contributed by atoms with van der Waals surface area (Å²) in [5.41, 5.74) is 1.97. The summed E-state index contributed by atoms with van der Waals surface area (Å²) in [5.74, 6) is -0.584. The molecule has 0 aromatic carbocycles. The predicted molar refractivity (Wildman–Crippen MR) is 61.8 cm³/mol. The topological polar surface area (TPSA) is 55.1 Å². The highest BCUT2D eigenvalue weighted by molar-refractivity contribution is 5.93. The number of aromatic carboxylic acids is 1. The molecule has 1 N–H and O–H groups in total. The number of hydrogen-bond acceptors (Lipinski definition) is 2. The van der Waals surface area contributed by atoms with Crippen molar-refractivity contribution in [3.8, 4) is 0 Å². The van der Waals surface area contributed by atoms with E-state index in [1.54, 1.807) is 17.7 Å². The van der Waals surface area contributed by atoms with Gasteiger partial charge in [0.25, 0.3) is 0 Å². The molecule has 16 heavy (non-hydrogen) atoms. The van der Waals surface area contributed by atoms with Gasteiger partial charge in [0.15, 0.2) is 0 Å². The van der Waals surface area contributed by atoms with E-state index in [0.717, 1.165) is 16.7 Å². The largest absolute Gasteiger partial charge is 0.477 e. The molecule has 0 aliphatic rings. The van der Waals surface area contributed by atoms with Gasteiger partial charge in [-0.15, -0.1) is 0 Å². The SMILES string of the molecule is CC(C)c1ccc2cc(C(=O)O)n(C)c2n1. The number of rotatable bonds is 2. The molecule has 0 atom stereocenters. The summed E-state index contributed by atoms with van der Waals surface area (Å²) in [6, 6.07) is 5.51. The van der Waals surface area contributed by atoms with Crippen molar-refractivity contribution in [3.05, 3.63) is 29.6 Å². The van der Waals surface area contributed by atoms with E-state index in [0.29, 0.717) is 5.92 Å². The molecule has 2 rings (SSSR count). The van der Waals surface area contributed by atoms with Crippen molar-refractivity contribution >= 4 is 17.0 Å². The standard InChI is InChI=1S/C12H14N2O2/c1-7(2)9-5-4-8-6-10(12(15)16)14(3)11(8)13-9/h4-7H,1-3H3,(H,15,16). The van der Waals surface area contributed by atoms with Gasteiger partial charge in [0.05, 0.1) is 0 Å². The minimum Gasteiger partial charge on any atom is -0.477 e. The average molecular weight is 218 g/mol. The molecular formula is C12H14N2O2. The Morgan fingerprint density at radius 2 is 2.12 bits per heavy atom. The second-order valence-corrected chi connectivity index (χ2v) is 4.20. The summed E-state index contributed by atoms with van der Waals surface area (Å²) in [6.45, 7) is 4.13. The van der Waals surface area contributed by atoms with E-state index in [4.69, 9.17) is 5.11 Å². The lowest BCUT2D eigenvalue weighted by atomic mass is 10.1. The van der Waals surface area contributed by atoms with E-state index >= 15 is 0 Å². The molecule has 0 unspecified atom stereocenters. The molecule has 0 fully saturated rings. The number of carboxylic acid groups (broad SMARTS) is 1. The van der Waals surface area contributed by atoms with Crippen LogP contribution < -0.4 is 0 Å². The fraction of sp³-hybridized carbons (Fsp3) is 0.333. The van der Waals surface area contributed by atoms with Gasteiger partial charge in [-0.05, 0) is 24.1 Å². The number of nitrogens with zero attached hydrogens (tertiary/aromatic N) is 2. The Morgan fingerprint density at radius 1 is 1.44 bits per heavy atom. The average Bonchev–Trinajstić information content (AvgIpc) is 2.56. The minimum atomic E-state index is -0.924. The first kappa shape index (κ1) is 10.7. The maximum Gasteiger partial charge on any atom is 0.352 e. The summed E-state index contributed by atoms with van der Waals surface area (Å²) in [5, 5.41) is 9.86. The molecule has 4 nitrogen and oxygen atoms in total. The van der Waals surface area contributed by atoms with Crippen LogP contribution in [0, 0.1) is 0 Å². The normalized spacial score (nSPS) is 11.2. The number of hydrogen-bond donors (Lipinski definition) is 1.